The van der Waals surface area contributed by atoms with Gasteiger partial charge in [0.05, 0.1) is 0 Å². The van der Waals surface area contributed by atoms with Crippen molar-refractivity contribution in [3.63, 3.8) is 0 Å². The number of carbonyl (C=O) groups is 2. The molecule has 5 heteroatoms. The van der Waals surface area contributed by atoms with Crippen LogP contribution < -0.4 is 10.6 Å². The van der Waals surface area contributed by atoms with Crippen molar-refractivity contribution in [1.82, 2.24) is 15.5 Å². The Bertz CT molecular complexity index is 526. The highest BCUT2D eigenvalue weighted by atomic mass is 16.2. The highest BCUT2D eigenvalue weighted by Crippen LogP contribution is 2.24. The number of piperazine rings is 1. The number of carbonyl (C=O) groups excluding carboxylic acids is 2. The molecule has 118 valence electrons. The molecule has 2 fully saturated rings. The average molecular weight is 301 g/mol. The summed E-state index contributed by atoms with van der Waals surface area (Å²) < 4.78 is 0. The Labute approximate surface area is 131 Å². The molecule has 1 atom stereocenters. The van der Waals surface area contributed by atoms with E-state index in [-0.39, 0.29) is 18.0 Å². The Morgan fingerprint density at radius 3 is 2.59 bits per heavy atom. The minimum atomic E-state index is -0.529. The number of benzene rings is 1. The van der Waals surface area contributed by atoms with Crippen LogP contribution in [0.3, 0.4) is 0 Å². The van der Waals surface area contributed by atoms with Crippen LogP contribution in [0.2, 0.25) is 0 Å². The van der Waals surface area contributed by atoms with Crippen molar-refractivity contribution in [3.05, 3.63) is 35.9 Å². The molecule has 1 aromatic rings. The largest absolute Gasteiger partial charge is 0.352 e. The summed E-state index contributed by atoms with van der Waals surface area (Å²) in [6.07, 6.45) is 5.69. The van der Waals surface area contributed by atoms with Gasteiger partial charge in [0.25, 0.3) is 0 Å². The summed E-state index contributed by atoms with van der Waals surface area (Å²) in [7, 11) is 0. The normalized spacial score (nSPS) is 23.0. The highest BCUT2D eigenvalue weighted by molar-refractivity contribution is 5.89. The molecule has 2 N–H and O–H groups in total. The molecule has 3 rings (SSSR count). The predicted molar refractivity (Wildman–Crippen MR) is 84.3 cm³/mol. The Kier molecular flexibility index (Phi) is 4.61. The minimum absolute atomic E-state index is 0.101. The number of hydrogen-bond donors (Lipinski definition) is 2. The summed E-state index contributed by atoms with van der Waals surface area (Å²) in [6.45, 7) is 1.06. The van der Waals surface area contributed by atoms with E-state index < -0.39 is 6.04 Å². The lowest BCUT2D eigenvalue weighted by molar-refractivity contribution is -0.127. The molecule has 0 aromatic heterocycles. The monoisotopic (exact) mass is 301 g/mol. The van der Waals surface area contributed by atoms with E-state index in [9.17, 15) is 9.59 Å². The molecular formula is C17H23N3O2. The maximum atomic E-state index is 12.6. The van der Waals surface area contributed by atoms with Gasteiger partial charge in [0.15, 0.2) is 0 Å². The molecule has 0 radical (unpaired) electrons. The SMILES string of the molecule is O=C1NCCN(C(=O)NC2CCCCC2)C1c1ccccc1. The first kappa shape index (κ1) is 14.9. The van der Waals surface area contributed by atoms with E-state index in [0.717, 1.165) is 18.4 Å². The van der Waals surface area contributed by atoms with Crippen molar-refractivity contribution < 1.29 is 9.59 Å². The van der Waals surface area contributed by atoms with E-state index in [4.69, 9.17) is 0 Å². The van der Waals surface area contributed by atoms with Gasteiger partial charge in [-0.15, -0.1) is 0 Å². The van der Waals surface area contributed by atoms with E-state index >= 15 is 0 Å². The number of nitrogens with zero attached hydrogens (tertiary/aromatic N) is 1. The zero-order valence-corrected chi connectivity index (χ0v) is 12.8. The van der Waals surface area contributed by atoms with Crippen LogP contribution in [0.1, 0.15) is 43.7 Å². The second kappa shape index (κ2) is 6.81. The van der Waals surface area contributed by atoms with Crippen molar-refractivity contribution >= 4 is 11.9 Å². The first-order valence-electron chi connectivity index (χ1n) is 8.15. The third-order valence-corrected chi connectivity index (χ3v) is 4.52. The summed E-state index contributed by atoms with van der Waals surface area (Å²) in [5.41, 5.74) is 0.860. The van der Waals surface area contributed by atoms with Crippen LogP contribution in [0.4, 0.5) is 4.79 Å². The van der Waals surface area contributed by atoms with Gasteiger partial charge >= 0.3 is 6.03 Å². The number of amides is 3. The molecular weight excluding hydrogens is 278 g/mol. The van der Waals surface area contributed by atoms with Crippen molar-refractivity contribution in [1.29, 1.82) is 0 Å². The highest BCUT2D eigenvalue weighted by Gasteiger charge is 2.35. The maximum Gasteiger partial charge on any atom is 0.318 e. The van der Waals surface area contributed by atoms with Crippen LogP contribution in [0, 0.1) is 0 Å². The van der Waals surface area contributed by atoms with Gasteiger partial charge < -0.3 is 15.5 Å². The number of urea groups is 1. The van der Waals surface area contributed by atoms with Crippen LogP contribution in [0.25, 0.3) is 0 Å². The lowest BCUT2D eigenvalue weighted by Gasteiger charge is -2.36. The van der Waals surface area contributed by atoms with Crippen LogP contribution in [0.15, 0.2) is 30.3 Å². The van der Waals surface area contributed by atoms with Crippen LogP contribution in [-0.4, -0.2) is 36.0 Å². The summed E-state index contributed by atoms with van der Waals surface area (Å²) in [5.74, 6) is -0.101. The van der Waals surface area contributed by atoms with Gasteiger partial charge in [0.2, 0.25) is 5.91 Å². The van der Waals surface area contributed by atoms with E-state index in [1.165, 1.54) is 19.3 Å². The van der Waals surface area contributed by atoms with Gasteiger partial charge in [-0.05, 0) is 18.4 Å². The Balaban J connectivity index is 1.74. The van der Waals surface area contributed by atoms with Crippen molar-refractivity contribution in [2.45, 2.75) is 44.2 Å². The zero-order valence-electron chi connectivity index (χ0n) is 12.8. The van der Waals surface area contributed by atoms with Crippen molar-refractivity contribution in [3.8, 4) is 0 Å². The number of nitrogens with one attached hydrogen (secondary N) is 2. The quantitative estimate of drug-likeness (QED) is 0.879. The summed E-state index contributed by atoms with van der Waals surface area (Å²) in [6, 6.07) is 9.11. The summed E-state index contributed by atoms with van der Waals surface area (Å²) >= 11 is 0. The first-order valence-corrected chi connectivity index (χ1v) is 8.15. The Hall–Kier alpha value is -2.04. The molecule has 1 aliphatic heterocycles. The van der Waals surface area contributed by atoms with Gasteiger partial charge in [0, 0.05) is 19.1 Å². The molecule has 1 unspecified atom stereocenters. The first-order chi connectivity index (χ1) is 10.8. The number of hydrogen-bond acceptors (Lipinski definition) is 2. The third-order valence-electron chi connectivity index (χ3n) is 4.52. The van der Waals surface area contributed by atoms with Gasteiger partial charge in [-0.1, -0.05) is 49.6 Å². The molecule has 0 bridgehead atoms. The standard InChI is InChI=1S/C17H23N3O2/c21-16-15(13-7-3-1-4-8-13)20(12-11-18-16)17(22)19-14-9-5-2-6-10-14/h1,3-4,7-8,14-15H,2,5-6,9-12H2,(H,18,21)(H,19,22). The second-order valence-electron chi connectivity index (χ2n) is 6.08. The molecule has 1 saturated heterocycles. The van der Waals surface area contributed by atoms with Gasteiger partial charge in [-0.3, -0.25) is 4.79 Å². The van der Waals surface area contributed by atoms with Gasteiger partial charge in [-0.2, -0.15) is 0 Å². The fourth-order valence-corrected chi connectivity index (χ4v) is 3.36. The van der Waals surface area contributed by atoms with Crippen LogP contribution in [0.5, 0.6) is 0 Å². The van der Waals surface area contributed by atoms with Crippen LogP contribution >= 0.6 is 0 Å². The van der Waals surface area contributed by atoms with Crippen molar-refractivity contribution in [2.24, 2.45) is 0 Å². The molecule has 1 saturated carbocycles. The molecule has 0 spiro atoms. The van der Waals surface area contributed by atoms with E-state index in [1.54, 1.807) is 4.90 Å². The fraction of sp³-hybridized carbons (Fsp3) is 0.529. The molecule has 1 aromatic carbocycles. The van der Waals surface area contributed by atoms with E-state index in [0.29, 0.717) is 13.1 Å². The third kappa shape index (κ3) is 3.24. The fourth-order valence-electron chi connectivity index (χ4n) is 3.36. The van der Waals surface area contributed by atoms with E-state index in [2.05, 4.69) is 10.6 Å². The summed E-state index contributed by atoms with van der Waals surface area (Å²) in [5, 5.41) is 5.97. The lowest BCUT2D eigenvalue weighted by atomic mass is 9.95. The predicted octanol–water partition coefficient (Wildman–Crippen LogP) is 2.20. The number of rotatable bonds is 2. The molecule has 2 aliphatic rings. The Morgan fingerprint density at radius 2 is 1.86 bits per heavy atom. The second-order valence-corrected chi connectivity index (χ2v) is 6.08. The van der Waals surface area contributed by atoms with Gasteiger partial charge in [0.1, 0.15) is 6.04 Å². The zero-order chi connectivity index (χ0) is 15.4. The molecule has 3 amide bonds. The lowest BCUT2D eigenvalue weighted by Crippen LogP contribution is -2.56. The van der Waals surface area contributed by atoms with Gasteiger partial charge in [-0.25, -0.2) is 4.79 Å². The minimum Gasteiger partial charge on any atom is -0.352 e. The Morgan fingerprint density at radius 1 is 1.14 bits per heavy atom. The molecule has 5 nitrogen and oxygen atoms in total. The topological polar surface area (TPSA) is 61.4 Å². The smallest absolute Gasteiger partial charge is 0.318 e. The maximum absolute atomic E-state index is 12.6. The molecule has 1 aliphatic carbocycles. The molecule has 1 heterocycles. The van der Waals surface area contributed by atoms with Crippen molar-refractivity contribution in [2.75, 3.05) is 13.1 Å². The average Bonchev–Trinajstić information content (AvgIpc) is 2.56. The molecule has 22 heavy (non-hydrogen) atoms. The summed E-state index contributed by atoms with van der Waals surface area (Å²) in [4.78, 5) is 26.6. The van der Waals surface area contributed by atoms with E-state index in [1.807, 2.05) is 30.3 Å². The van der Waals surface area contributed by atoms with Crippen LogP contribution in [-0.2, 0) is 4.79 Å².